The van der Waals surface area contributed by atoms with Crippen molar-refractivity contribution in [1.82, 2.24) is 9.97 Å². The molecule has 0 radical (unpaired) electrons. The normalized spacial score (nSPS) is 10.1. The Bertz CT molecular complexity index is 398. The first-order valence-electron chi connectivity index (χ1n) is 5.14. The minimum absolute atomic E-state index is 0.0459. The van der Waals surface area contributed by atoms with Gasteiger partial charge in [-0.1, -0.05) is 0 Å². The topological polar surface area (TPSA) is 107 Å². The van der Waals surface area contributed by atoms with Gasteiger partial charge in [0, 0.05) is 19.6 Å². The minimum atomic E-state index is -0.548. The number of ether oxygens (including phenoxy) is 1. The molecule has 0 aliphatic heterocycles. The highest BCUT2D eigenvalue weighted by Crippen LogP contribution is 2.32. The van der Waals surface area contributed by atoms with Gasteiger partial charge < -0.3 is 15.4 Å². The molecule has 0 unspecified atom stereocenters. The molecule has 8 nitrogen and oxygen atoms in total. The summed E-state index contributed by atoms with van der Waals surface area (Å²) >= 11 is 0. The molecular weight excluding hydrogens is 226 g/mol. The lowest BCUT2D eigenvalue weighted by atomic mass is 10.4. The molecule has 94 valence electrons. The Labute approximate surface area is 98.6 Å². The summed E-state index contributed by atoms with van der Waals surface area (Å²) in [5.74, 6) is 0.185. The number of hydrogen-bond acceptors (Lipinski definition) is 7. The zero-order valence-electron chi connectivity index (χ0n) is 9.79. The van der Waals surface area contributed by atoms with Crippen LogP contribution in [0.4, 0.5) is 11.5 Å². The Hall–Kier alpha value is -1.96. The van der Waals surface area contributed by atoms with Gasteiger partial charge in [-0.3, -0.25) is 10.1 Å². The first kappa shape index (κ1) is 13.1. The third-order valence-corrected chi connectivity index (χ3v) is 2.23. The predicted molar refractivity (Wildman–Crippen MR) is 62.2 cm³/mol. The molecule has 2 N–H and O–H groups in total. The van der Waals surface area contributed by atoms with Crippen LogP contribution in [-0.2, 0) is 0 Å². The molecule has 1 rings (SSSR count). The smallest absolute Gasteiger partial charge is 0.372 e. The third-order valence-electron chi connectivity index (χ3n) is 2.23. The Balaban J connectivity index is 3.25. The van der Waals surface area contributed by atoms with Crippen LogP contribution in [0.1, 0.15) is 6.92 Å². The molecule has 0 amide bonds. The van der Waals surface area contributed by atoms with Crippen molar-refractivity contribution in [2.45, 2.75) is 6.92 Å². The lowest BCUT2D eigenvalue weighted by Gasteiger charge is -2.20. The lowest BCUT2D eigenvalue weighted by molar-refractivity contribution is -0.385. The average molecular weight is 241 g/mol. The van der Waals surface area contributed by atoms with E-state index in [2.05, 4.69) is 9.97 Å². The van der Waals surface area contributed by atoms with Crippen molar-refractivity contribution in [3.8, 4) is 5.88 Å². The summed E-state index contributed by atoms with van der Waals surface area (Å²) in [6, 6.07) is 0. The van der Waals surface area contributed by atoms with E-state index in [1.54, 1.807) is 4.90 Å². The third kappa shape index (κ3) is 2.78. The number of likely N-dealkylation sites (N-methyl/N-ethyl adjacent to an activating group) is 1. The van der Waals surface area contributed by atoms with E-state index < -0.39 is 4.92 Å². The number of methoxy groups -OCH3 is 1. The van der Waals surface area contributed by atoms with Gasteiger partial charge in [-0.15, -0.1) is 0 Å². The van der Waals surface area contributed by atoms with Crippen molar-refractivity contribution in [3.63, 3.8) is 0 Å². The van der Waals surface area contributed by atoms with E-state index in [1.165, 1.54) is 13.4 Å². The highest BCUT2D eigenvalue weighted by molar-refractivity contribution is 5.62. The van der Waals surface area contributed by atoms with Gasteiger partial charge in [0.15, 0.2) is 0 Å². The Morgan fingerprint density at radius 3 is 2.76 bits per heavy atom. The molecule has 0 saturated carbocycles. The summed E-state index contributed by atoms with van der Waals surface area (Å²) < 4.78 is 4.87. The van der Waals surface area contributed by atoms with E-state index in [1.807, 2.05) is 6.92 Å². The Kier molecular flexibility index (Phi) is 4.58. The van der Waals surface area contributed by atoms with E-state index in [9.17, 15) is 10.1 Å². The number of nitro groups is 1. The second-order valence-corrected chi connectivity index (χ2v) is 3.18. The maximum Gasteiger partial charge on any atom is 0.372 e. The second-order valence-electron chi connectivity index (χ2n) is 3.18. The lowest BCUT2D eigenvalue weighted by Crippen LogP contribution is -2.30. The number of aromatic nitrogens is 2. The standard InChI is InChI=1S/C9H15N5O3/c1-3-13(5-4-10)8-7(14(15)16)9(17-2)12-6-11-8/h6H,3-5,10H2,1-2H3. The van der Waals surface area contributed by atoms with Crippen molar-refractivity contribution in [1.29, 1.82) is 0 Å². The summed E-state index contributed by atoms with van der Waals surface area (Å²) in [5.41, 5.74) is 5.22. The first-order valence-corrected chi connectivity index (χ1v) is 5.14. The maximum absolute atomic E-state index is 11.0. The number of nitrogens with zero attached hydrogens (tertiary/aromatic N) is 4. The molecule has 0 saturated heterocycles. The SMILES string of the molecule is CCN(CCN)c1ncnc(OC)c1[N+](=O)[O-]. The molecule has 8 heteroatoms. The molecule has 0 atom stereocenters. The van der Waals surface area contributed by atoms with Crippen LogP contribution in [0.5, 0.6) is 5.88 Å². The molecule has 17 heavy (non-hydrogen) atoms. The summed E-state index contributed by atoms with van der Waals surface area (Å²) in [6.07, 6.45) is 1.24. The van der Waals surface area contributed by atoms with E-state index in [-0.39, 0.29) is 17.4 Å². The van der Waals surface area contributed by atoms with Gasteiger partial charge in [-0.25, -0.2) is 4.98 Å². The van der Waals surface area contributed by atoms with Crippen LogP contribution in [-0.4, -0.2) is 41.6 Å². The molecule has 1 aromatic heterocycles. The zero-order chi connectivity index (χ0) is 12.8. The molecule has 0 spiro atoms. The van der Waals surface area contributed by atoms with Crippen LogP contribution in [0.3, 0.4) is 0 Å². The van der Waals surface area contributed by atoms with Crippen LogP contribution in [0, 0.1) is 10.1 Å². The fourth-order valence-corrected chi connectivity index (χ4v) is 1.46. The monoisotopic (exact) mass is 241 g/mol. The molecule has 1 heterocycles. The fraction of sp³-hybridized carbons (Fsp3) is 0.556. The van der Waals surface area contributed by atoms with Gasteiger partial charge in [-0.05, 0) is 6.92 Å². The molecule has 0 aliphatic rings. The predicted octanol–water partition coefficient (Wildman–Crippen LogP) is 0.178. The number of hydrogen-bond donors (Lipinski definition) is 1. The molecule has 0 bridgehead atoms. The Morgan fingerprint density at radius 2 is 2.29 bits per heavy atom. The highest BCUT2D eigenvalue weighted by atomic mass is 16.6. The highest BCUT2D eigenvalue weighted by Gasteiger charge is 2.26. The molecular formula is C9H15N5O3. The van der Waals surface area contributed by atoms with Gasteiger partial charge >= 0.3 is 5.69 Å². The number of nitrogens with two attached hydrogens (primary N) is 1. The van der Waals surface area contributed by atoms with Crippen LogP contribution < -0.4 is 15.4 Å². The van der Waals surface area contributed by atoms with E-state index >= 15 is 0 Å². The van der Waals surface area contributed by atoms with E-state index in [0.717, 1.165) is 0 Å². The van der Waals surface area contributed by atoms with Crippen molar-refractivity contribution < 1.29 is 9.66 Å². The number of rotatable bonds is 6. The Morgan fingerprint density at radius 1 is 1.59 bits per heavy atom. The number of anilines is 1. The van der Waals surface area contributed by atoms with Crippen LogP contribution in [0.2, 0.25) is 0 Å². The van der Waals surface area contributed by atoms with Gasteiger partial charge in [0.2, 0.25) is 5.82 Å². The van der Waals surface area contributed by atoms with E-state index in [0.29, 0.717) is 19.6 Å². The fourth-order valence-electron chi connectivity index (χ4n) is 1.46. The first-order chi connectivity index (χ1) is 8.15. The molecule has 1 aromatic rings. The van der Waals surface area contributed by atoms with E-state index in [4.69, 9.17) is 10.5 Å². The quantitative estimate of drug-likeness (QED) is 0.559. The summed E-state index contributed by atoms with van der Waals surface area (Å²) in [7, 11) is 1.33. The van der Waals surface area contributed by atoms with Crippen molar-refractivity contribution in [2.75, 3.05) is 31.6 Å². The molecule has 0 aromatic carbocycles. The zero-order valence-corrected chi connectivity index (χ0v) is 9.79. The van der Waals surface area contributed by atoms with Gasteiger partial charge in [0.05, 0.1) is 12.0 Å². The van der Waals surface area contributed by atoms with Crippen molar-refractivity contribution in [3.05, 3.63) is 16.4 Å². The summed E-state index contributed by atoms with van der Waals surface area (Å²) in [4.78, 5) is 19.8. The maximum atomic E-state index is 11.0. The molecule has 0 aliphatic carbocycles. The van der Waals surface area contributed by atoms with Crippen molar-refractivity contribution >= 4 is 11.5 Å². The van der Waals surface area contributed by atoms with Crippen LogP contribution in [0.15, 0.2) is 6.33 Å². The average Bonchev–Trinajstić information content (AvgIpc) is 2.34. The summed E-state index contributed by atoms with van der Waals surface area (Å²) in [5, 5.41) is 11.0. The van der Waals surface area contributed by atoms with Crippen LogP contribution in [0.25, 0.3) is 0 Å². The minimum Gasteiger partial charge on any atom is -0.476 e. The summed E-state index contributed by atoms with van der Waals surface area (Å²) in [6.45, 7) is 3.31. The van der Waals surface area contributed by atoms with Gasteiger partial charge in [0.25, 0.3) is 5.88 Å². The molecule has 0 fully saturated rings. The second kappa shape index (κ2) is 5.94. The van der Waals surface area contributed by atoms with Crippen LogP contribution >= 0.6 is 0 Å². The van der Waals surface area contributed by atoms with Gasteiger partial charge in [0.1, 0.15) is 6.33 Å². The largest absolute Gasteiger partial charge is 0.476 e. The van der Waals surface area contributed by atoms with Gasteiger partial charge in [-0.2, -0.15) is 4.98 Å². The van der Waals surface area contributed by atoms with Crippen molar-refractivity contribution in [2.24, 2.45) is 5.73 Å².